The molecule has 2 aromatic rings. The van der Waals surface area contributed by atoms with Crippen LogP contribution in [0.5, 0.6) is 0 Å². The first-order chi connectivity index (χ1) is 8.52. The molecule has 0 radical (unpaired) electrons. The number of carbonyl (C=O) groups excluding carboxylic acids is 1. The molecule has 18 heavy (non-hydrogen) atoms. The van der Waals surface area contributed by atoms with Gasteiger partial charge in [0.15, 0.2) is 5.13 Å². The second-order valence-electron chi connectivity index (χ2n) is 4.40. The van der Waals surface area contributed by atoms with Gasteiger partial charge >= 0.3 is 0 Å². The smallest absolute Gasteiger partial charge is 0.239 e. The van der Waals surface area contributed by atoms with Crippen molar-refractivity contribution < 1.29 is 4.79 Å². The third-order valence-corrected chi connectivity index (χ3v) is 4.22. The summed E-state index contributed by atoms with van der Waals surface area (Å²) in [5.74, 6) is -0.00907. The van der Waals surface area contributed by atoms with E-state index in [1.54, 1.807) is 18.4 Å². The first kappa shape index (κ1) is 12.8. The number of amides is 1. The van der Waals surface area contributed by atoms with E-state index in [9.17, 15) is 4.79 Å². The van der Waals surface area contributed by atoms with Crippen LogP contribution in [-0.4, -0.2) is 31.5 Å². The molecule has 2 rings (SSSR count). The highest BCUT2D eigenvalue weighted by atomic mass is 32.1. The minimum absolute atomic E-state index is 0.00907. The van der Waals surface area contributed by atoms with Gasteiger partial charge in [0.1, 0.15) is 0 Å². The monoisotopic (exact) mass is 263 g/mol. The molecule has 0 saturated carbocycles. The van der Waals surface area contributed by atoms with Crippen LogP contribution < -0.4 is 10.2 Å². The van der Waals surface area contributed by atoms with Gasteiger partial charge in [-0.05, 0) is 25.0 Å². The number of aryl methyl sites for hydroxylation is 2. The van der Waals surface area contributed by atoms with Gasteiger partial charge in [0.05, 0.1) is 16.8 Å². The summed E-state index contributed by atoms with van der Waals surface area (Å²) in [5.41, 5.74) is 3.44. The molecule has 1 aromatic carbocycles. The number of rotatable bonds is 3. The fourth-order valence-electron chi connectivity index (χ4n) is 1.77. The van der Waals surface area contributed by atoms with E-state index in [1.807, 2.05) is 11.9 Å². The Balaban J connectivity index is 2.38. The molecule has 1 heterocycles. The largest absolute Gasteiger partial charge is 0.358 e. The fourth-order valence-corrected chi connectivity index (χ4v) is 2.85. The van der Waals surface area contributed by atoms with Crippen LogP contribution in [0.3, 0.4) is 0 Å². The topological polar surface area (TPSA) is 45.2 Å². The van der Waals surface area contributed by atoms with Crippen molar-refractivity contribution >= 4 is 32.6 Å². The van der Waals surface area contributed by atoms with E-state index in [2.05, 4.69) is 36.3 Å². The number of nitrogens with zero attached hydrogens (tertiary/aromatic N) is 2. The molecule has 0 aliphatic heterocycles. The Hall–Kier alpha value is -1.62. The summed E-state index contributed by atoms with van der Waals surface area (Å²) in [5, 5.41) is 3.50. The highest BCUT2D eigenvalue weighted by Crippen LogP contribution is 2.32. The fraction of sp³-hybridized carbons (Fsp3) is 0.385. The van der Waals surface area contributed by atoms with Gasteiger partial charge in [-0.2, -0.15) is 0 Å². The number of hydrogen-bond donors (Lipinski definition) is 1. The van der Waals surface area contributed by atoms with Gasteiger partial charge in [0.25, 0.3) is 0 Å². The van der Waals surface area contributed by atoms with Crippen LogP contribution in [0.1, 0.15) is 11.1 Å². The van der Waals surface area contributed by atoms with E-state index in [0.717, 1.165) is 10.6 Å². The van der Waals surface area contributed by atoms with Gasteiger partial charge in [-0.3, -0.25) is 4.79 Å². The Morgan fingerprint density at radius 3 is 2.67 bits per heavy atom. The number of benzene rings is 1. The van der Waals surface area contributed by atoms with Gasteiger partial charge in [-0.25, -0.2) is 4.98 Å². The van der Waals surface area contributed by atoms with Gasteiger partial charge in [0, 0.05) is 14.1 Å². The summed E-state index contributed by atoms with van der Waals surface area (Å²) in [6.07, 6.45) is 0. The first-order valence-electron chi connectivity index (χ1n) is 5.81. The summed E-state index contributed by atoms with van der Waals surface area (Å²) < 4.78 is 1.20. The van der Waals surface area contributed by atoms with Crippen LogP contribution >= 0.6 is 11.3 Å². The molecule has 0 aliphatic carbocycles. The molecule has 1 aromatic heterocycles. The molecule has 0 fully saturated rings. The molecule has 0 atom stereocenters. The number of fused-ring (bicyclic) bond motifs is 1. The summed E-state index contributed by atoms with van der Waals surface area (Å²) >= 11 is 1.63. The Kier molecular flexibility index (Phi) is 3.52. The SMILES string of the molecule is CNC(=O)CN(C)c1nc2c(C)ccc(C)c2s1. The van der Waals surface area contributed by atoms with Gasteiger partial charge in [-0.1, -0.05) is 23.5 Å². The molecule has 0 unspecified atom stereocenters. The van der Waals surface area contributed by atoms with Crippen molar-refractivity contribution in [1.82, 2.24) is 10.3 Å². The Morgan fingerprint density at radius 2 is 2.06 bits per heavy atom. The summed E-state index contributed by atoms with van der Waals surface area (Å²) in [7, 11) is 3.53. The molecule has 96 valence electrons. The van der Waals surface area contributed by atoms with Crippen LogP contribution in [0.4, 0.5) is 5.13 Å². The van der Waals surface area contributed by atoms with E-state index in [4.69, 9.17) is 0 Å². The third kappa shape index (κ3) is 2.31. The summed E-state index contributed by atoms with van der Waals surface area (Å²) in [6.45, 7) is 4.47. The number of likely N-dealkylation sites (N-methyl/N-ethyl adjacent to an activating group) is 2. The zero-order valence-electron chi connectivity index (χ0n) is 11.1. The van der Waals surface area contributed by atoms with Crippen LogP contribution in [0.2, 0.25) is 0 Å². The number of carbonyl (C=O) groups is 1. The lowest BCUT2D eigenvalue weighted by Crippen LogP contribution is -2.32. The van der Waals surface area contributed by atoms with Crippen LogP contribution in [0.25, 0.3) is 10.2 Å². The molecule has 0 aliphatic rings. The Morgan fingerprint density at radius 1 is 1.39 bits per heavy atom. The molecule has 5 heteroatoms. The molecule has 1 N–H and O–H groups in total. The van der Waals surface area contributed by atoms with Crippen molar-refractivity contribution in [3.63, 3.8) is 0 Å². The Bertz CT molecular complexity index is 552. The van der Waals surface area contributed by atoms with Gasteiger partial charge < -0.3 is 10.2 Å². The van der Waals surface area contributed by atoms with Gasteiger partial charge in [-0.15, -0.1) is 0 Å². The molecule has 0 bridgehead atoms. The maximum atomic E-state index is 11.4. The minimum Gasteiger partial charge on any atom is -0.358 e. The molecule has 0 spiro atoms. The zero-order chi connectivity index (χ0) is 13.3. The van der Waals surface area contributed by atoms with E-state index < -0.39 is 0 Å². The van der Waals surface area contributed by atoms with Crippen LogP contribution in [0.15, 0.2) is 12.1 Å². The highest BCUT2D eigenvalue weighted by molar-refractivity contribution is 7.22. The predicted octanol–water partition coefficient (Wildman–Crippen LogP) is 2.10. The van der Waals surface area contributed by atoms with Crippen LogP contribution in [-0.2, 0) is 4.79 Å². The van der Waals surface area contributed by atoms with E-state index in [-0.39, 0.29) is 5.91 Å². The summed E-state index contributed by atoms with van der Waals surface area (Å²) in [6, 6.07) is 4.19. The third-order valence-electron chi connectivity index (χ3n) is 2.92. The molecular weight excluding hydrogens is 246 g/mol. The predicted molar refractivity (Wildman–Crippen MR) is 76.4 cm³/mol. The van der Waals surface area contributed by atoms with Crippen molar-refractivity contribution in [2.45, 2.75) is 13.8 Å². The maximum absolute atomic E-state index is 11.4. The van der Waals surface area contributed by atoms with Crippen molar-refractivity contribution in [2.24, 2.45) is 0 Å². The van der Waals surface area contributed by atoms with Crippen molar-refractivity contribution in [3.05, 3.63) is 23.3 Å². The summed E-state index contributed by atoms with van der Waals surface area (Å²) in [4.78, 5) is 17.9. The molecular formula is C13H17N3OS. The highest BCUT2D eigenvalue weighted by Gasteiger charge is 2.13. The standard InChI is InChI=1S/C13H17N3OS/c1-8-5-6-9(2)12-11(8)15-13(18-12)16(4)7-10(17)14-3/h5-6H,7H2,1-4H3,(H,14,17). The molecule has 1 amide bonds. The van der Waals surface area contributed by atoms with Gasteiger partial charge in [0.2, 0.25) is 5.91 Å². The number of hydrogen-bond acceptors (Lipinski definition) is 4. The van der Waals surface area contributed by atoms with Crippen LogP contribution in [0, 0.1) is 13.8 Å². The van der Waals surface area contributed by atoms with Crippen molar-refractivity contribution in [1.29, 1.82) is 0 Å². The van der Waals surface area contributed by atoms with E-state index in [1.165, 1.54) is 15.8 Å². The number of thiazole rings is 1. The lowest BCUT2D eigenvalue weighted by atomic mass is 10.1. The maximum Gasteiger partial charge on any atom is 0.239 e. The van der Waals surface area contributed by atoms with E-state index >= 15 is 0 Å². The second kappa shape index (κ2) is 4.94. The zero-order valence-corrected chi connectivity index (χ0v) is 11.9. The minimum atomic E-state index is -0.00907. The average molecular weight is 263 g/mol. The van der Waals surface area contributed by atoms with Crippen molar-refractivity contribution in [3.8, 4) is 0 Å². The lowest BCUT2D eigenvalue weighted by molar-refractivity contribution is -0.119. The normalized spacial score (nSPS) is 10.7. The number of anilines is 1. The van der Waals surface area contributed by atoms with E-state index in [0.29, 0.717) is 6.54 Å². The Labute approximate surface area is 111 Å². The van der Waals surface area contributed by atoms with Crippen molar-refractivity contribution in [2.75, 3.05) is 25.5 Å². The lowest BCUT2D eigenvalue weighted by Gasteiger charge is -2.13. The molecule has 4 nitrogen and oxygen atoms in total. The average Bonchev–Trinajstić information content (AvgIpc) is 2.80. The number of aromatic nitrogens is 1. The second-order valence-corrected chi connectivity index (χ2v) is 5.38. The first-order valence-corrected chi connectivity index (χ1v) is 6.63. The quantitative estimate of drug-likeness (QED) is 0.922. The molecule has 0 saturated heterocycles. The number of nitrogens with one attached hydrogen (secondary N) is 1.